The Bertz CT molecular complexity index is 1750. The van der Waals surface area contributed by atoms with Crippen molar-refractivity contribution in [2.75, 3.05) is 4.90 Å². The number of benzene rings is 3. The number of ether oxygens (including phenoxy) is 1. The highest BCUT2D eigenvalue weighted by Gasteiger charge is 2.37. The first kappa shape index (κ1) is 29.1. The van der Waals surface area contributed by atoms with Crippen LogP contribution >= 0.6 is 23.8 Å². The predicted molar refractivity (Wildman–Crippen MR) is 159 cm³/mol. The lowest BCUT2D eigenvalue weighted by atomic mass is 10.1. The molecule has 1 aliphatic heterocycles. The van der Waals surface area contributed by atoms with E-state index in [2.05, 4.69) is 5.32 Å². The van der Waals surface area contributed by atoms with Crippen molar-refractivity contribution < 1.29 is 27.5 Å². The maximum absolute atomic E-state index is 13.4. The van der Waals surface area contributed by atoms with Crippen molar-refractivity contribution in [1.82, 2.24) is 9.88 Å². The molecule has 42 heavy (non-hydrogen) atoms. The molecule has 214 valence electrons. The number of nitrogens with one attached hydrogen (secondary N) is 1. The number of thiocarbonyl (C=S) groups is 1. The van der Waals surface area contributed by atoms with Crippen LogP contribution < -0.4 is 15.0 Å². The summed E-state index contributed by atoms with van der Waals surface area (Å²) in [4.78, 5) is 27.1. The van der Waals surface area contributed by atoms with Crippen LogP contribution in [-0.4, -0.2) is 21.5 Å². The highest BCUT2D eigenvalue weighted by Crippen LogP contribution is 2.33. The topological polar surface area (TPSA) is 63.6 Å². The molecule has 0 radical (unpaired) electrons. The smallest absolute Gasteiger partial charge is 0.416 e. The lowest BCUT2D eigenvalue weighted by Crippen LogP contribution is -2.54. The number of nitrogens with zero attached hydrogens (tertiary/aromatic N) is 2. The summed E-state index contributed by atoms with van der Waals surface area (Å²) < 4.78 is 47.7. The summed E-state index contributed by atoms with van der Waals surface area (Å²) >= 11 is 11.3. The molecule has 1 N–H and O–H groups in total. The minimum atomic E-state index is -4.62. The second-order valence-corrected chi connectivity index (χ2v) is 10.3. The Morgan fingerprint density at radius 2 is 1.67 bits per heavy atom. The molecule has 0 spiro atoms. The first-order valence-corrected chi connectivity index (χ1v) is 13.5. The number of hydrogen-bond acceptors (Lipinski definition) is 4. The molecule has 4 aromatic rings. The molecule has 1 aliphatic rings. The Morgan fingerprint density at radius 3 is 2.36 bits per heavy atom. The third-order valence-electron chi connectivity index (χ3n) is 6.75. The van der Waals surface area contributed by atoms with Crippen molar-refractivity contribution in [3.8, 4) is 11.4 Å². The molecule has 1 aromatic heterocycles. The number of aromatic nitrogens is 1. The zero-order valence-electron chi connectivity index (χ0n) is 22.3. The Hall–Kier alpha value is -4.41. The van der Waals surface area contributed by atoms with Crippen molar-refractivity contribution in [3.05, 3.63) is 118 Å². The van der Waals surface area contributed by atoms with E-state index < -0.39 is 23.6 Å². The fourth-order valence-corrected chi connectivity index (χ4v) is 5.14. The summed E-state index contributed by atoms with van der Waals surface area (Å²) in [7, 11) is 0. The fourth-order valence-electron chi connectivity index (χ4n) is 4.67. The van der Waals surface area contributed by atoms with Crippen molar-refractivity contribution >= 4 is 52.5 Å². The van der Waals surface area contributed by atoms with Crippen LogP contribution in [-0.2, 0) is 22.4 Å². The number of alkyl halides is 3. The maximum Gasteiger partial charge on any atom is 0.416 e. The normalized spacial score (nSPS) is 14.9. The van der Waals surface area contributed by atoms with Gasteiger partial charge in [-0.1, -0.05) is 35.9 Å². The summed E-state index contributed by atoms with van der Waals surface area (Å²) in [5, 5.41) is 2.73. The highest BCUT2D eigenvalue weighted by atomic mass is 35.5. The van der Waals surface area contributed by atoms with E-state index in [1.165, 1.54) is 18.2 Å². The molecule has 2 amide bonds. The fraction of sp³-hybridized carbons (Fsp3) is 0.129. The summed E-state index contributed by atoms with van der Waals surface area (Å²) in [5.41, 5.74) is 2.54. The quantitative estimate of drug-likeness (QED) is 0.143. The average molecular weight is 610 g/mol. The monoisotopic (exact) mass is 609 g/mol. The highest BCUT2D eigenvalue weighted by molar-refractivity contribution is 7.80. The van der Waals surface area contributed by atoms with Gasteiger partial charge in [-0.3, -0.25) is 19.8 Å². The van der Waals surface area contributed by atoms with E-state index in [1.807, 2.05) is 66.9 Å². The molecule has 0 bridgehead atoms. The van der Waals surface area contributed by atoms with Crippen LogP contribution in [0.15, 0.2) is 84.4 Å². The lowest BCUT2D eigenvalue weighted by molar-refractivity contribution is -0.137. The Kier molecular flexibility index (Phi) is 7.94. The molecule has 5 rings (SSSR count). The predicted octanol–water partition coefficient (Wildman–Crippen LogP) is 7.18. The van der Waals surface area contributed by atoms with Crippen LogP contribution in [0.3, 0.4) is 0 Å². The molecule has 6 nitrogen and oxygen atoms in total. The SMILES string of the molecule is Cc1cc(/C=C2\C(=O)NC(=S)N(c3cccc(C(F)(F)F)c3)C2=O)c(C)n1-c1ccc(OCc2ccccc2Cl)cc1. The standard InChI is InChI=1S/C31H23ClF3N3O3S/c1-18-14-21(19(2)37(18)23-10-12-25(13-11-23)41-17-20-6-3-4-9-27(20)32)15-26-28(39)36-30(42)38(29(26)40)24-8-5-7-22(16-24)31(33,34)35/h3-16H,17H2,1-2H3,(H,36,39,42)/b26-15+. The van der Waals surface area contributed by atoms with Gasteiger partial charge in [-0.25, -0.2) is 0 Å². The molecule has 11 heteroatoms. The summed E-state index contributed by atoms with van der Waals surface area (Å²) in [5.74, 6) is -0.912. The number of halogens is 4. The molecule has 0 atom stereocenters. The number of hydrogen-bond donors (Lipinski definition) is 1. The van der Waals surface area contributed by atoms with Crippen LogP contribution in [0.1, 0.15) is 28.1 Å². The van der Waals surface area contributed by atoms with Crippen molar-refractivity contribution in [1.29, 1.82) is 0 Å². The van der Waals surface area contributed by atoms with Crippen LogP contribution in [0.25, 0.3) is 11.8 Å². The molecular weight excluding hydrogens is 587 g/mol. The number of aryl methyl sites for hydroxylation is 1. The van der Waals surface area contributed by atoms with Crippen LogP contribution in [0, 0.1) is 13.8 Å². The van der Waals surface area contributed by atoms with Gasteiger partial charge in [0.1, 0.15) is 17.9 Å². The number of carbonyl (C=O) groups is 2. The molecular formula is C31H23ClF3N3O3S. The molecule has 0 saturated carbocycles. The van der Waals surface area contributed by atoms with Gasteiger partial charge in [-0.15, -0.1) is 0 Å². The van der Waals surface area contributed by atoms with Crippen LogP contribution in [0.4, 0.5) is 18.9 Å². The Morgan fingerprint density at radius 1 is 0.952 bits per heavy atom. The first-order chi connectivity index (χ1) is 19.9. The first-order valence-electron chi connectivity index (χ1n) is 12.7. The van der Waals surface area contributed by atoms with Gasteiger partial charge in [0, 0.05) is 27.7 Å². The lowest BCUT2D eigenvalue weighted by Gasteiger charge is -2.29. The molecule has 2 heterocycles. The summed E-state index contributed by atoms with van der Waals surface area (Å²) in [6, 6.07) is 20.9. The number of carbonyl (C=O) groups excluding carboxylic acids is 2. The minimum Gasteiger partial charge on any atom is -0.489 e. The molecule has 3 aromatic carbocycles. The third-order valence-corrected chi connectivity index (χ3v) is 7.40. The summed E-state index contributed by atoms with van der Waals surface area (Å²) in [6.07, 6.45) is -3.20. The van der Waals surface area contributed by atoms with Gasteiger partial charge in [0.2, 0.25) is 0 Å². The van der Waals surface area contributed by atoms with E-state index in [4.69, 9.17) is 28.6 Å². The largest absolute Gasteiger partial charge is 0.489 e. The van der Waals surface area contributed by atoms with Crippen LogP contribution in [0.2, 0.25) is 5.02 Å². The van der Waals surface area contributed by atoms with Crippen molar-refractivity contribution in [3.63, 3.8) is 0 Å². The summed E-state index contributed by atoms with van der Waals surface area (Å²) in [6.45, 7) is 4.03. The van der Waals surface area contributed by atoms with E-state index in [9.17, 15) is 22.8 Å². The van der Waals surface area contributed by atoms with Gasteiger partial charge in [0.15, 0.2) is 5.11 Å². The third kappa shape index (κ3) is 5.81. The van der Waals surface area contributed by atoms with Gasteiger partial charge in [-0.05, 0) is 92.3 Å². The minimum absolute atomic E-state index is 0.104. The van der Waals surface area contributed by atoms with Crippen molar-refractivity contribution in [2.24, 2.45) is 0 Å². The molecule has 0 aliphatic carbocycles. The van der Waals surface area contributed by atoms with Gasteiger partial charge in [0.05, 0.1) is 11.3 Å². The van der Waals surface area contributed by atoms with E-state index >= 15 is 0 Å². The van der Waals surface area contributed by atoms with E-state index in [0.717, 1.165) is 39.7 Å². The van der Waals surface area contributed by atoms with Crippen molar-refractivity contribution in [2.45, 2.75) is 26.6 Å². The molecule has 1 fully saturated rings. The van der Waals surface area contributed by atoms with E-state index in [-0.39, 0.29) is 16.4 Å². The Labute approximate surface area is 250 Å². The van der Waals surface area contributed by atoms with Gasteiger partial charge < -0.3 is 9.30 Å². The van der Waals surface area contributed by atoms with Gasteiger partial charge >= 0.3 is 6.18 Å². The zero-order chi connectivity index (χ0) is 30.2. The average Bonchev–Trinajstić information content (AvgIpc) is 3.22. The van der Waals surface area contributed by atoms with Gasteiger partial charge in [-0.2, -0.15) is 13.2 Å². The zero-order valence-corrected chi connectivity index (χ0v) is 23.9. The van der Waals surface area contributed by atoms with Crippen LogP contribution in [0.5, 0.6) is 5.75 Å². The number of rotatable bonds is 6. The molecule has 1 saturated heterocycles. The van der Waals surface area contributed by atoms with E-state index in [0.29, 0.717) is 22.9 Å². The maximum atomic E-state index is 13.4. The second-order valence-electron chi connectivity index (χ2n) is 9.54. The second kappa shape index (κ2) is 11.5. The number of anilines is 1. The van der Waals surface area contributed by atoms with E-state index in [1.54, 1.807) is 6.07 Å². The Balaban J connectivity index is 1.41. The van der Waals surface area contributed by atoms with Gasteiger partial charge in [0.25, 0.3) is 11.8 Å². The number of amides is 2. The molecule has 0 unspecified atom stereocenters.